The molecule has 5 heteroatoms. The number of carbonyl (C=O) groups is 1. The molecule has 0 aliphatic heterocycles. The normalized spacial score (nSPS) is 10.1. The number of benzene rings is 1. The number of nitrogens with zero attached hydrogens (tertiary/aromatic N) is 2. The molecule has 0 unspecified atom stereocenters. The zero-order valence-electron chi connectivity index (χ0n) is 11.5. The summed E-state index contributed by atoms with van der Waals surface area (Å²) in [6.45, 7) is 6.17. The molecule has 20 heavy (non-hydrogen) atoms. The van der Waals surface area contributed by atoms with Gasteiger partial charge in [-0.1, -0.05) is 13.5 Å². The van der Waals surface area contributed by atoms with Crippen LogP contribution in [0.5, 0.6) is 0 Å². The minimum atomic E-state index is 0.0162. The summed E-state index contributed by atoms with van der Waals surface area (Å²) in [4.78, 5) is 11.3. The zero-order valence-corrected chi connectivity index (χ0v) is 11.5. The number of rotatable bonds is 6. The lowest BCUT2D eigenvalue weighted by Gasteiger charge is -2.07. The Morgan fingerprint density at radius 2 is 2.05 bits per heavy atom. The number of amides is 1. The number of anilines is 2. The van der Waals surface area contributed by atoms with Crippen LogP contribution in [-0.4, -0.2) is 15.7 Å². The van der Waals surface area contributed by atoms with Gasteiger partial charge < -0.3 is 10.6 Å². The first-order chi connectivity index (χ1) is 9.71. The second-order valence-electron chi connectivity index (χ2n) is 4.34. The topological polar surface area (TPSA) is 59.0 Å². The molecular formula is C15H18N4O. The van der Waals surface area contributed by atoms with E-state index >= 15 is 0 Å². The zero-order chi connectivity index (χ0) is 14.4. The predicted octanol–water partition coefficient (Wildman–Crippen LogP) is 2.94. The van der Waals surface area contributed by atoms with Gasteiger partial charge in [-0.3, -0.25) is 4.79 Å². The maximum Gasteiger partial charge on any atom is 0.224 e. The van der Waals surface area contributed by atoms with Crippen LogP contribution in [0.2, 0.25) is 0 Å². The lowest BCUT2D eigenvalue weighted by Crippen LogP contribution is -2.09. The summed E-state index contributed by atoms with van der Waals surface area (Å²) in [5, 5.41) is 10.2. The van der Waals surface area contributed by atoms with Crippen molar-refractivity contribution in [1.82, 2.24) is 9.78 Å². The van der Waals surface area contributed by atoms with Crippen molar-refractivity contribution in [2.24, 2.45) is 0 Å². The Balaban J connectivity index is 1.90. The fourth-order valence-electron chi connectivity index (χ4n) is 1.69. The van der Waals surface area contributed by atoms with E-state index in [2.05, 4.69) is 22.3 Å². The Labute approximate surface area is 118 Å². The van der Waals surface area contributed by atoms with Crippen LogP contribution in [0.4, 0.5) is 11.4 Å². The van der Waals surface area contributed by atoms with E-state index in [1.807, 2.05) is 37.4 Å². The van der Waals surface area contributed by atoms with Crippen molar-refractivity contribution < 1.29 is 4.79 Å². The van der Waals surface area contributed by atoms with E-state index in [0.717, 1.165) is 16.9 Å². The molecule has 0 radical (unpaired) electrons. The molecule has 0 spiro atoms. The molecule has 104 valence electrons. The average molecular weight is 270 g/mol. The van der Waals surface area contributed by atoms with Crippen LogP contribution < -0.4 is 10.6 Å². The lowest BCUT2D eigenvalue weighted by molar-refractivity contribution is -0.115. The maximum atomic E-state index is 11.3. The summed E-state index contributed by atoms with van der Waals surface area (Å²) in [5.74, 6) is 0.0162. The summed E-state index contributed by atoms with van der Waals surface area (Å²) >= 11 is 0. The molecule has 0 atom stereocenters. The van der Waals surface area contributed by atoms with Crippen LogP contribution in [-0.2, 0) is 11.3 Å². The van der Waals surface area contributed by atoms with Crippen LogP contribution in [0, 0.1) is 0 Å². The molecule has 0 saturated heterocycles. The van der Waals surface area contributed by atoms with Gasteiger partial charge in [0.25, 0.3) is 0 Å². The highest BCUT2D eigenvalue weighted by Gasteiger charge is 2.00. The van der Waals surface area contributed by atoms with Gasteiger partial charge in [0.1, 0.15) is 0 Å². The molecular weight excluding hydrogens is 252 g/mol. The Morgan fingerprint density at radius 3 is 2.65 bits per heavy atom. The molecule has 0 aliphatic carbocycles. The van der Waals surface area contributed by atoms with Gasteiger partial charge in [-0.25, -0.2) is 4.68 Å². The van der Waals surface area contributed by atoms with E-state index in [1.54, 1.807) is 17.1 Å². The maximum absolute atomic E-state index is 11.3. The molecule has 5 nitrogen and oxygen atoms in total. The van der Waals surface area contributed by atoms with Crippen LogP contribution in [0.1, 0.15) is 18.9 Å². The summed E-state index contributed by atoms with van der Waals surface area (Å²) in [6.07, 6.45) is 5.84. The van der Waals surface area contributed by atoms with Crippen LogP contribution in [0.25, 0.3) is 6.20 Å². The minimum Gasteiger partial charge on any atom is -0.381 e. The highest BCUT2D eigenvalue weighted by Crippen LogP contribution is 2.14. The van der Waals surface area contributed by atoms with Crippen molar-refractivity contribution in [3.63, 3.8) is 0 Å². The standard InChI is InChI=1S/C15H18N4O/c1-3-15(20)18-14-7-5-13(6-8-14)16-9-12-10-17-19(4-2)11-12/h4-8,10-11,16H,2-3,9H2,1H3,(H,18,20). The Morgan fingerprint density at radius 1 is 1.35 bits per heavy atom. The van der Waals surface area contributed by atoms with Gasteiger partial charge in [-0.2, -0.15) is 5.10 Å². The number of carbonyl (C=O) groups excluding carboxylic acids is 1. The number of hydrogen-bond acceptors (Lipinski definition) is 3. The second kappa shape index (κ2) is 6.56. The first-order valence-corrected chi connectivity index (χ1v) is 6.50. The van der Waals surface area contributed by atoms with Gasteiger partial charge in [-0.15, -0.1) is 0 Å². The van der Waals surface area contributed by atoms with Gasteiger partial charge in [-0.05, 0) is 24.3 Å². The second-order valence-corrected chi connectivity index (χ2v) is 4.34. The highest BCUT2D eigenvalue weighted by molar-refractivity contribution is 5.90. The Kier molecular flexibility index (Phi) is 4.55. The van der Waals surface area contributed by atoms with Gasteiger partial charge in [0.05, 0.1) is 6.20 Å². The summed E-state index contributed by atoms with van der Waals surface area (Å²) in [7, 11) is 0. The third-order valence-electron chi connectivity index (χ3n) is 2.83. The predicted molar refractivity (Wildman–Crippen MR) is 81.3 cm³/mol. The summed E-state index contributed by atoms with van der Waals surface area (Å²) in [6, 6.07) is 7.62. The summed E-state index contributed by atoms with van der Waals surface area (Å²) < 4.78 is 1.67. The van der Waals surface area contributed by atoms with Crippen molar-refractivity contribution in [3.05, 3.63) is 48.8 Å². The molecule has 1 amide bonds. The Hall–Kier alpha value is -2.56. The van der Waals surface area contributed by atoms with Crippen LogP contribution in [0.3, 0.4) is 0 Å². The van der Waals surface area contributed by atoms with E-state index in [9.17, 15) is 4.79 Å². The fraction of sp³-hybridized carbons (Fsp3) is 0.200. The van der Waals surface area contributed by atoms with E-state index in [0.29, 0.717) is 13.0 Å². The number of nitrogens with one attached hydrogen (secondary N) is 2. The highest BCUT2D eigenvalue weighted by atomic mass is 16.1. The lowest BCUT2D eigenvalue weighted by atomic mass is 10.2. The van der Waals surface area contributed by atoms with E-state index in [4.69, 9.17) is 0 Å². The quantitative estimate of drug-likeness (QED) is 0.848. The SMILES string of the molecule is C=Cn1cc(CNc2ccc(NC(=O)CC)cc2)cn1. The molecule has 1 aromatic carbocycles. The van der Waals surface area contributed by atoms with Crippen molar-refractivity contribution >= 4 is 23.5 Å². The van der Waals surface area contributed by atoms with Gasteiger partial charge in [0.2, 0.25) is 5.91 Å². The molecule has 0 fully saturated rings. The van der Waals surface area contributed by atoms with Gasteiger partial charge >= 0.3 is 0 Å². The van der Waals surface area contributed by atoms with Crippen molar-refractivity contribution in [3.8, 4) is 0 Å². The van der Waals surface area contributed by atoms with Crippen molar-refractivity contribution in [1.29, 1.82) is 0 Å². The fourth-order valence-corrected chi connectivity index (χ4v) is 1.69. The van der Waals surface area contributed by atoms with Gasteiger partial charge in [0.15, 0.2) is 0 Å². The monoisotopic (exact) mass is 270 g/mol. The average Bonchev–Trinajstić information content (AvgIpc) is 2.94. The largest absolute Gasteiger partial charge is 0.381 e. The van der Waals surface area contributed by atoms with Crippen molar-refractivity contribution in [2.45, 2.75) is 19.9 Å². The molecule has 2 rings (SSSR count). The van der Waals surface area contributed by atoms with E-state index in [-0.39, 0.29) is 5.91 Å². The molecule has 1 heterocycles. The molecule has 1 aromatic heterocycles. The smallest absolute Gasteiger partial charge is 0.224 e. The van der Waals surface area contributed by atoms with Crippen LogP contribution >= 0.6 is 0 Å². The Bertz CT molecular complexity index is 586. The molecule has 2 aromatic rings. The van der Waals surface area contributed by atoms with Crippen LogP contribution in [0.15, 0.2) is 43.2 Å². The van der Waals surface area contributed by atoms with Crippen molar-refractivity contribution in [2.75, 3.05) is 10.6 Å². The molecule has 0 aliphatic rings. The first-order valence-electron chi connectivity index (χ1n) is 6.50. The molecule has 2 N–H and O–H groups in total. The number of hydrogen-bond donors (Lipinski definition) is 2. The minimum absolute atomic E-state index is 0.0162. The third kappa shape index (κ3) is 3.71. The van der Waals surface area contributed by atoms with E-state index < -0.39 is 0 Å². The summed E-state index contributed by atoms with van der Waals surface area (Å²) in [5.41, 5.74) is 2.88. The number of aromatic nitrogens is 2. The molecule has 0 bridgehead atoms. The molecule has 0 saturated carbocycles. The third-order valence-corrected chi connectivity index (χ3v) is 2.83. The first kappa shape index (κ1) is 13.9. The van der Waals surface area contributed by atoms with E-state index in [1.165, 1.54) is 0 Å². The van der Waals surface area contributed by atoms with Gasteiger partial charge in [0, 0.05) is 42.3 Å².